The monoisotopic (exact) mass is 590 g/mol. The average molecular weight is 591 g/mol. The van der Waals surface area contributed by atoms with Gasteiger partial charge in [-0.05, 0) is 59.7 Å². The molecule has 3 heterocycles. The Balaban J connectivity index is 1.14. The topological polar surface area (TPSA) is 9.86 Å². The highest BCUT2D eigenvalue weighted by molar-refractivity contribution is 7.26. The summed E-state index contributed by atoms with van der Waals surface area (Å²) in [6, 6.07) is 57.6. The molecule has 0 aliphatic rings. The Morgan fingerprint density at radius 1 is 0.356 bits per heavy atom. The number of fused-ring (bicyclic) bond motifs is 10. The van der Waals surface area contributed by atoms with Crippen LogP contribution in [-0.4, -0.2) is 9.13 Å². The van der Waals surface area contributed by atoms with Gasteiger partial charge in [0.1, 0.15) is 0 Å². The second-order valence-electron chi connectivity index (χ2n) is 11.8. The Hall–Kier alpha value is -5.64. The maximum absolute atomic E-state index is 2.46. The summed E-state index contributed by atoms with van der Waals surface area (Å²) in [5.74, 6) is 0. The van der Waals surface area contributed by atoms with Crippen LogP contribution in [0.4, 0.5) is 0 Å². The molecule has 3 heteroatoms. The molecule has 0 atom stereocenters. The third kappa shape index (κ3) is 3.56. The number of para-hydroxylation sites is 3. The van der Waals surface area contributed by atoms with E-state index in [0.717, 1.165) is 0 Å². The number of thiophene rings is 1. The minimum Gasteiger partial charge on any atom is -0.309 e. The Morgan fingerprint density at radius 2 is 0.933 bits per heavy atom. The highest BCUT2D eigenvalue weighted by Crippen LogP contribution is 2.43. The molecule has 3 aromatic heterocycles. The Labute approximate surface area is 263 Å². The lowest BCUT2D eigenvalue weighted by Crippen LogP contribution is -1.95. The number of hydrogen-bond acceptors (Lipinski definition) is 1. The van der Waals surface area contributed by atoms with Gasteiger partial charge in [0.05, 0.1) is 26.8 Å². The van der Waals surface area contributed by atoms with E-state index in [-0.39, 0.29) is 0 Å². The quantitative estimate of drug-likeness (QED) is 0.194. The molecule has 0 saturated carbocycles. The molecule has 0 aliphatic heterocycles. The van der Waals surface area contributed by atoms with Crippen molar-refractivity contribution in [1.82, 2.24) is 9.13 Å². The fraction of sp³-hybridized carbons (Fsp3) is 0. The van der Waals surface area contributed by atoms with Crippen molar-refractivity contribution in [3.8, 4) is 22.5 Å². The first-order valence-corrected chi connectivity index (χ1v) is 16.2. The van der Waals surface area contributed by atoms with Crippen molar-refractivity contribution in [3.05, 3.63) is 158 Å². The molecule has 0 N–H and O–H groups in total. The summed E-state index contributed by atoms with van der Waals surface area (Å²) in [4.78, 5) is 0. The molecule has 0 saturated heterocycles. The van der Waals surface area contributed by atoms with Gasteiger partial charge in [0.15, 0.2) is 0 Å². The highest BCUT2D eigenvalue weighted by Gasteiger charge is 2.18. The molecule has 45 heavy (non-hydrogen) atoms. The molecule has 0 amide bonds. The van der Waals surface area contributed by atoms with Crippen molar-refractivity contribution in [2.24, 2.45) is 0 Å². The molecule has 0 radical (unpaired) electrons. The van der Waals surface area contributed by atoms with E-state index >= 15 is 0 Å². The van der Waals surface area contributed by atoms with Gasteiger partial charge >= 0.3 is 0 Å². The minimum atomic E-state index is 1.17. The summed E-state index contributed by atoms with van der Waals surface area (Å²) in [6.45, 7) is 0. The van der Waals surface area contributed by atoms with Gasteiger partial charge in [-0.3, -0.25) is 0 Å². The molecule has 10 rings (SSSR count). The van der Waals surface area contributed by atoms with Gasteiger partial charge in [-0.15, -0.1) is 11.3 Å². The molecular weight excluding hydrogens is 565 g/mol. The number of hydrogen-bond donors (Lipinski definition) is 0. The van der Waals surface area contributed by atoms with Crippen LogP contribution in [0.5, 0.6) is 0 Å². The SMILES string of the molecule is c1cc(-c2ccc(-n3c4ccccc4c4ccc5c6ccccc6sc5c43)cc2)cc(-n2c3ccccc3c3ccccc32)c1. The average Bonchev–Trinajstić information content (AvgIpc) is 3.76. The largest absolute Gasteiger partial charge is 0.309 e. The van der Waals surface area contributed by atoms with E-state index in [1.807, 2.05) is 11.3 Å². The van der Waals surface area contributed by atoms with Gasteiger partial charge in [0.25, 0.3) is 0 Å². The molecule has 0 aliphatic carbocycles. The summed E-state index contributed by atoms with van der Waals surface area (Å²) >= 11 is 1.89. The third-order valence-corrected chi connectivity index (χ3v) is 10.5. The third-order valence-electron chi connectivity index (χ3n) is 9.32. The van der Waals surface area contributed by atoms with Crippen LogP contribution in [-0.2, 0) is 0 Å². The van der Waals surface area contributed by atoms with Gasteiger partial charge < -0.3 is 9.13 Å². The standard InChI is InChI=1S/C42H26N2S/c1-5-16-37-31(12-1)32-13-2-6-17-38(32)43(37)30-11-9-10-28(26-30)27-20-22-29(23-21-27)44-39-18-7-3-14-33(39)35-24-25-36-34-15-4-8-19-40(34)45-42(36)41(35)44/h1-26H. The van der Waals surface area contributed by atoms with Crippen LogP contribution in [0.2, 0.25) is 0 Å². The number of benzene rings is 7. The zero-order valence-corrected chi connectivity index (χ0v) is 25.1. The van der Waals surface area contributed by atoms with E-state index in [1.54, 1.807) is 0 Å². The summed E-state index contributed by atoms with van der Waals surface area (Å²) in [5, 5.41) is 7.80. The van der Waals surface area contributed by atoms with Crippen molar-refractivity contribution in [2.45, 2.75) is 0 Å². The van der Waals surface area contributed by atoms with Gasteiger partial charge in [0, 0.05) is 48.4 Å². The molecule has 2 nitrogen and oxygen atoms in total. The van der Waals surface area contributed by atoms with Crippen LogP contribution in [0.15, 0.2) is 158 Å². The first-order valence-electron chi connectivity index (χ1n) is 15.4. The molecule has 0 unspecified atom stereocenters. The molecule has 0 spiro atoms. The Kier molecular flexibility index (Phi) is 5.19. The molecule has 7 aromatic carbocycles. The van der Waals surface area contributed by atoms with E-state index in [1.165, 1.54) is 86.3 Å². The van der Waals surface area contributed by atoms with Crippen molar-refractivity contribution in [3.63, 3.8) is 0 Å². The number of nitrogens with zero attached hydrogens (tertiary/aromatic N) is 2. The van der Waals surface area contributed by atoms with E-state index in [9.17, 15) is 0 Å². The predicted molar refractivity (Wildman–Crippen MR) is 193 cm³/mol. The summed E-state index contributed by atoms with van der Waals surface area (Å²) < 4.78 is 7.51. The smallest absolute Gasteiger partial charge is 0.0719 e. The fourth-order valence-corrected chi connectivity index (χ4v) is 8.57. The number of aromatic nitrogens is 2. The van der Waals surface area contributed by atoms with Crippen LogP contribution in [0.25, 0.3) is 86.3 Å². The van der Waals surface area contributed by atoms with Gasteiger partial charge in [0.2, 0.25) is 0 Å². The molecule has 0 bridgehead atoms. The Bertz CT molecular complexity index is 2700. The second-order valence-corrected chi connectivity index (χ2v) is 12.8. The van der Waals surface area contributed by atoms with Gasteiger partial charge in [-0.25, -0.2) is 0 Å². The highest BCUT2D eigenvalue weighted by atomic mass is 32.1. The maximum Gasteiger partial charge on any atom is 0.0719 e. The fourth-order valence-electron chi connectivity index (χ4n) is 7.33. The zero-order valence-electron chi connectivity index (χ0n) is 24.3. The molecule has 10 aromatic rings. The Morgan fingerprint density at radius 3 is 1.64 bits per heavy atom. The van der Waals surface area contributed by atoms with Gasteiger partial charge in [-0.1, -0.05) is 109 Å². The molecular formula is C42H26N2S. The normalized spacial score (nSPS) is 12.0. The van der Waals surface area contributed by atoms with E-state index in [2.05, 4.69) is 167 Å². The van der Waals surface area contributed by atoms with Crippen LogP contribution < -0.4 is 0 Å². The summed E-state index contributed by atoms with van der Waals surface area (Å²) in [5.41, 5.74) is 9.73. The van der Waals surface area contributed by atoms with Crippen LogP contribution in [0.1, 0.15) is 0 Å². The molecule has 210 valence electrons. The first kappa shape index (κ1) is 24.8. The lowest BCUT2D eigenvalue weighted by molar-refractivity contribution is 1.18. The predicted octanol–water partition coefficient (Wildman–Crippen LogP) is 11.9. The zero-order chi connectivity index (χ0) is 29.5. The molecule has 0 fully saturated rings. The maximum atomic E-state index is 2.46. The van der Waals surface area contributed by atoms with Gasteiger partial charge in [-0.2, -0.15) is 0 Å². The van der Waals surface area contributed by atoms with Crippen molar-refractivity contribution < 1.29 is 0 Å². The van der Waals surface area contributed by atoms with E-state index in [4.69, 9.17) is 0 Å². The van der Waals surface area contributed by atoms with Crippen molar-refractivity contribution in [2.75, 3.05) is 0 Å². The van der Waals surface area contributed by atoms with Crippen molar-refractivity contribution >= 4 is 75.1 Å². The van der Waals surface area contributed by atoms with E-state index < -0.39 is 0 Å². The number of rotatable bonds is 3. The second kappa shape index (κ2) is 9.43. The van der Waals surface area contributed by atoms with Crippen molar-refractivity contribution in [1.29, 1.82) is 0 Å². The van der Waals surface area contributed by atoms with Crippen LogP contribution in [0, 0.1) is 0 Å². The summed E-state index contributed by atoms with van der Waals surface area (Å²) in [7, 11) is 0. The lowest BCUT2D eigenvalue weighted by atomic mass is 10.0. The minimum absolute atomic E-state index is 1.17. The first-order chi connectivity index (χ1) is 22.3. The van der Waals surface area contributed by atoms with Crippen LogP contribution in [0.3, 0.4) is 0 Å². The van der Waals surface area contributed by atoms with Crippen LogP contribution >= 0.6 is 11.3 Å². The lowest BCUT2D eigenvalue weighted by Gasteiger charge is -2.12. The summed E-state index contributed by atoms with van der Waals surface area (Å²) in [6.07, 6.45) is 0. The van der Waals surface area contributed by atoms with E-state index in [0.29, 0.717) is 0 Å².